The number of hydrazone groups is 1. The predicted molar refractivity (Wildman–Crippen MR) is 101 cm³/mol. The van der Waals surface area contributed by atoms with Crippen LogP contribution in [-0.2, 0) is 10.0 Å². The zero-order valence-corrected chi connectivity index (χ0v) is 15.8. The van der Waals surface area contributed by atoms with Crippen LogP contribution in [0.4, 0.5) is 4.39 Å². The van der Waals surface area contributed by atoms with Gasteiger partial charge in [-0.25, -0.2) is 4.39 Å². The molecule has 3 aromatic rings. The molecule has 0 unspecified atom stereocenters. The minimum atomic E-state index is -3.97. The molecule has 0 radical (unpaired) electrons. The first-order chi connectivity index (χ1) is 13.4. The van der Waals surface area contributed by atoms with Gasteiger partial charge in [-0.2, -0.15) is 23.4 Å². The van der Waals surface area contributed by atoms with Crippen molar-refractivity contribution in [3.05, 3.63) is 60.0 Å². The summed E-state index contributed by atoms with van der Waals surface area (Å²) in [7, 11) is -1.15. The molecule has 28 heavy (non-hydrogen) atoms. The monoisotopic (exact) mass is 404 g/mol. The van der Waals surface area contributed by atoms with Crippen molar-refractivity contribution in [3.8, 4) is 22.8 Å². The largest absolute Gasteiger partial charge is 0.497 e. The normalized spacial score (nSPS) is 11.5. The van der Waals surface area contributed by atoms with Gasteiger partial charge in [-0.05, 0) is 36.4 Å². The molecule has 0 atom stereocenters. The van der Waals surface area contributed by atoms with Gasteiger partial charge in [0, 0.05) is 17.2 Å². The van der Waals surface area contributed by atoms with Crippen molar-refractivity contribution in [2.75, 3.05) is 14.2 Å². The van der Waals surface area contributed by atoms with Crippen molar-refractivity contribution < 1.29 is 22.3 Å². The second kappa shape index (κ2) is 8.09. The Hall–Kier alpha value is -3.40. The first-order valence-electron chi connectivity index (χ1n) is 8.01. The van der Waals surface area contributed by atoms with Gasteiger partial charge >= 0.3 is 0 Å². The second-order valence-electron chi connectivity index (χ2n) is 5.58. The van der Waals surface area contributed by atoms with Crippen LogP contribution in [0.5, 0.6) is 11.5 Å². The molecule has 0 spiro atoms. The van der Waals surface area contributed by atoms with Crippen LogP contribution < -0.4 is 14.3 Å². The van der Waals surface area contributed by atoms with E-state index in [1.165, 1.54) is 57.0 Å². The first-order valence-corrected chi connectivity index (χ1v) is 9.49. The molecule has 0 aliphatic heterocycles. The van der Waals surface area contributed by atoms with Crippen molar-refractivity contribution in [2.24, 2.45) is 5.10 Å². The maximum Gasteiger partial charge on any atom is 0.280 e. The molecule has 1 heterocycles. The Bertz CT molecular complexity index is 1100. The van der Waals surface area contributed by atoms with Crippen LogP contribution in [0.25, 0.3) is 11.3 Å². The maximum absolute atomic E-state index is 13.1. The average Bonchev–Trinajstić information content (AvgIpc) is 3.16. The number of nitrogens with zero attached hydrogens (tertiary/aromatic N) is 2. The molecule has 146 valence electrons. The van der Waals surface area contributed by atoms with Gasteiger partial charge in [0.15, 0.2) is 0 Å². The van der Waals surface area contributed by atoms with E-state index in [2.05, 4.69) is 20.1 Å². The smallest absolute Gasteiger partial charge is 0.280 e. The van der Waals surface area contributed by atoms with Crippen LogP contribution >= 0.6 is 0 Å². The molecule has 10 heteroatoms. The molecular weight excluding hydrogens is 387 g/mol. The van der Waals surface area contributed by atoms with Gasteiger partial charge in [0.25, 0.3) is 10.0 Å². The molecule has 8 nitrogen and oxygen atoms in total. The Morgan fingerprint density at radius 2 is 1.89 bits per heavy atom. The molecular formula is C18H17FN4O4S. The number of rotatable bonds is 7. The molecule has 0 aliphatic carbocycles. The van der Waals surface area contributed by atoms with E-state index in [4.69, 9.17) is 9.47 Å². The highest BCUT2D eigenvalue weighted by molar-refractivity contribution is 7.89. The summed E-state index contributed by atoms with van der Waals surface area (Å²) in [6.07, 6.45) is 2.78. The van der Waals surface area contributed by atoms with Crippen LogP contribution in [0, 0.1) is 5.82 Å². The van der Waals surface area contributed by atoms with Crippen LogP contribution in [-0.4, -0.2) is 39.0 Å². The van der Waals surface area contributed by atoms with Crippen molar-refractivity contribution >= 4 is 16.2 Å². The maximum atomic E-state index is 13.1. The molecule has 0 aliphatic rings. The van der Waals surface area contributed by atoms with E-state index < -0.39 is 10.0 Å². The van der Waals surface area contributed by atoms with Gasteiger partial charge in [-0.3, -0.25) is 5.10 Å². The third-order valence-corrected chi connectivity index (χ3v) is 5.10. The third-order valence-electron chi connectivity index (χ3n) is 3.84. The molecule has 0 saturated heterocycles. The molecule has 2 aromatic carbocycles. The zero-order valence-electron chi connectivity index (χ0n) is 15.0. The van der Waals surface area contributed by atoms with E-state index in [1.807, 2.05) is 0 Å². The number of benzene rings is 2. The highest BCUT2D eigenvalue weighted by Crippen LogP contribution is 2.28. The van der Waals surface area contributed by atoms with Gasteiger partial charge in [0.1, 0.15) is 22.2 Å². The molecule has 3 rings (SSSR count). The number of nitrogens with one attached hydrogen (secondary N) is 2. The van der Waals surface area contributed by atoms with E-state index in [0.717, 1.165) is 0 Å². The number of hydrogen-bond donors (Lipinski definition) is 2. The molecule has 0 bridgehead atoms. The lowest BCUT2D eigenvalue weighted by atomic mass is 10.1. The van der Waals surface area contributed by atoms with Crippen molar-refractivity contribution in [1.82, 2.24) is 15.0 Å². The summed E-state index contributed by atoms with van der Waals surface area (Å²) in [5.74, 6) is 0.221. The predicted octanol–water partition coefficient (Wildman–Crippen LogP) is 2.55. The number of aromatic nitrogens is 2. The topological polar surface area (TPSA) is 106 Å². The molecule has 2 N–H and O–H groups in total. The fraction of sp³-hybridized carbons (Fsp3) is 0.111. The second-order valence-corrected chi connectivity index (χ2v) is 7.21. The SMILES string of the molecule is COc1ccc(S(=O)(=O)N/N=C\c2cn[nH]c2-c2ccc(F)cc2)c(OC)c1. The van der Waals surface area contributed by atoms with E-state index >= 15 is 0 Å². The summed E-state index contributed by atoms with van der Waals surface area (Å²) in [5.41, 5.74) is 1.78. The number of H-pyrrole nitrogens is 1. The number of sulfonamides is 1. The standard InChI is InChI=1S/C18H17FN4O4S/c1-26-15-7-8-17(16(9-15)27-2)28(24,25)23-21-11-13-10-20-22-18(13)12-3-5-14(19)6-4-12/h3-11,23H,1-2H3,(H,20,22)/b21-11-. The Kier molecular flexibility index (Phi) is 5.59. The van der Waals surface area contributed by atoms with Gasteiger partial charge < -0.3 is 9.47 Å². The first kappa shape index (κ1) is 19.4. The lowest BCUT2D eigenvalue weighted by molar-refractivity contribution is 0.386. The Balaban J connectivity index is 1.82. The van der Waals surface area contributed by atoms with Crippen molar-refractivity contribution in [2.45, 2.75) is 4.90 Å². The highest BCUT2D eigenvalue weighted by atomic mass is 32.2. The molecule has 0 amide bonds. The number of ether oxygens (including phenoxy) is 2. The van der Waals surface area contributed by atoms with Crippen molar-refractivity contribution in [3.63, 3.8) is 0 Å². The summed E-state index contributed by atoms with van der Waals surface area (Å²) < 4.78 is 48.3. The zero-order chi connectivity index (χ0) is 20.1. The minimum Gasteiger partial charge on any atom is -0.497 e. The van der Waals surface area contributed by atoms with Gasteiger partial charge in [-0.15, -0.1) is 0 Å². The fourth-order valence-electron chi connectivity index (χ4n) is 2.45. The average molecular weight is 404 g/mol. The lowest BCUT2D eigenvalue weighted by Crippen LogP contribution is -2.19. The van der Waals surface area contributed by atoms with E-state index in [0.29, 0.717) is 22.6 Å². The summed E-state index contributed by atoms with van der Waals surface area (Å²) in [6, 6.07) is 10.1. The lowest BCUT2D eigenvalue weighted by Gasteiger charge is -2.10. The number of halogens is 1. The number of hydrogen-bond acceptors (Lipinski definition) is 6. The molecule has 1 aromatic heterocycles. The van der Waals surface area contributed by atoms with E-state index in [1.54, 1.807) is 12.1 Å². The van der Waals surface area contributed by atoms with Crippen LogP contribution in [0.3, 0.4) is 0 Å². The van der Waals surface area contributed by atoms with Crippen LogP contribution in [0.15, 0.2) is 58.7 Å². The quantitative estimate of drug-likeness (QED) is 0.465. The molecule has 0 fully saturated rings. The van der Waals surface area contributed by atoms with Gasteiger partial charge in [0.05, 0.1) is 32.3 Å². The van der Waals surface area contributed by atoms with Gasteiger partial charge in [0.2, 0.25) is 0 Å². The van der Waals surface area contributed by atoms with E-state index in [9.17, 15) is 12.8 Å². The Morgan fingerprint density at radius 1 is 1.14 bits per heavy atom. The highest BCUT2D eigenvalue weighted by Gasteiger charge is 2.19. The Morgan fingerprint density at radius 3 is 2.57 bits per heavy atom. The summed E-state index contributed by atoms with van der Waals surface area (Å²) in [6.45, 7) is 0. The summed E-state index contributed by atoms with van der Waals surface area (Å²) in [4.78, 5) is 2.05. The van der Waals surface area contributed by atoms with E-state index in [-0.39, 0.29) is 16.5 Å². The number of aromatic amines is 1. The van der Waals surface area contributed by atoms with Crippen molar-refractivity contribution in [1.29, 1.82) is 0 Å². The third kappa shape index (κ3) is 4.12. The van der Waals surface area contributed by atoms with Crippen LogP contribution in [0.1, 0.15) is 5.56 Å². The molecule has 0 saturated carbocycles. The van der Waals surface area contributed by atoms with Crippen LogP contribution in [0.2, 0.25) is 0 Å². The summed E-state index contributed by atoms with van der Waals surface area (Å²) >= 11 is 0. The fourth-order valence-corrected chi connectivity index (χ4v) is 3.40. The minimum absolute atomic E-state index is 0.0844. The Labute approximate surface area is 161 Å². The number of methoxy groups -OCH3 is 2. The van der Waals surface area contributed by atoms with Gasteiger partial charge in [-0.1, -0.05) is 0 Å². The summed E-state index contributed by atoms with van der Waals surface area (Å²) in [5, 5.41) is 10.5.